The van der Waals surface area contributed by atoms with Gasteiger partial charge in [-0.25, -0.2) is 13.2 Å². The first-order valence-electron chi connectivity index (χ1n) is 7.33. The Balaban J connectivity index is 1.89. The van der Waals surface area contributed by atoms with Crippen LogP contribution in [0, 0.1) is 5.92 Å². The topological polar surface area (TPSA) is 72.5 Å². The van der Waals surface area contributed by atoms with Gasteiger partial charge < -0.3 is 10.1 Å². The maximum Gasteiger partial charge on any atom is 0.407 e. The van der Waals surface area contributed by atoms with Crippen molar-refractivity contribution in [3.63, 3.8) is 0 Å². The van der Waals surface area contributed by atoms with Crippen molar-refractivity contribution in [2.24, 2.45) is 5.92 Å². The van der Waals surface area contributed by atoms with Crippen LogP contribution in [0.25, 0.3) is 0 Å². The monoisotopic (exact) mass is 345 g/mol. The van der Waals surface area contributed by atoms with Crippen LogP contribution in [0.3, 0.4) is 0 Å². The summed E-state index contributed by atoms with van der Waals surface area (Å²) in [5, 5.41) is 2.66. The van der Waals surface area contributed by atoms with Crippen LogP contribution in [0.15, 0.2) is 30.3 Å². The quantitative estimate of drug-likeness (QED) is 0.804. The number of alkyl carbamates (subject to hydrolysis) is 1. The summed E-state index contributed by atoms with van der Waals surface area (Å²) in [4.78, 5) is 11.9. The van der Waals surface area contributed by atoms with Crippen molar-refractivity contribution in [1.82, 2.24) is 5.32 Å². The van der Waals surface area contributed by atoms with Crippen LogP contribution in [0.1, 0.15) is 31.2 Å². The van der Waals surface area contributed by atoms with E-state index in [4.69, 9.17) is 15.4 Å². The lowest BCUT2D eigenvalue weighted by atomic mass is 10.00. The first-order valence-corrected chi connectivity index (χ1v) is 9.81. The molecule has 0 aromatic heterocycles. The zero-order valence-corrected chi connectivity index (χ0v) is 13.8. The number of hydrogen-bond donors (Lipinski definition) is 1. The number of halogens is 1. The van der Waals surface area contributed by atoms with Crippen LogP contribution in [0.2, 0.25) is 0 Å². The van der Waals surface area contributed by atoms with Gasteiger partial charge >= 0.3 is 6.09 Å². The summed E-state index contributed by atoms with van der Waals surface area (Å²) < 4.78 is 27.8. The van der Waals surface area contributed by atoms with E-state index < -0.39 is 21.2 Å². The number of carbonyl (C=O) groups is 1. The molecule has 1 saturated carbocycles. The van der Waals surface area contributed by atoms with Crippen molar-refractivity contribution in [2.75, 3.05) is 5.75 Å². The van der Waals surface area contributed by atoms with Gasteiger partial charge in [-0.3, -0.25) is 0 Å². The molecule has 0 heterocycles. The molecule has 1 N–H and O–H groups in total. The minimum Gasteiger partial charge on any atom is -0.445 e. The first kappa shape index (κ1) is 17.1. The number of nitrogens with one attached hydrogen (secondary N) is 1. The smallest absolute Gasteiger partial charge is 0.407 e. The Bertz CT molecular complexity index is 585. The van der Waals surface area contributed by atoms with Crippen LogP contribution in [0.5, 0.6) is 0 Å². The average Bonchev–Trinajstić information content (AvgIpc) is 2.98. The number of amides is 1. The van der Waals surface area contributed by atoms with Gasteiger partial charge in [0.1, 0.15) is 6.61 Å². The summed E-state index contributed by atoms with van der Waals surface area (Å²) in [6.07, 6.45) is 3.28. The molecule has 0 saturated heterocycles. The second-order valence-electron chi connectivity index (χ2n) is 5.56. The van der Waals surface area contributed by atoms with E-state index in [1.807, 2.05) is 30.3 Å². The SMILES string of the molecule is O=C(NC(CS(=O)(=O)Cl)C1CCCC1)OCc1ccccc1. The van der Waals surface area contributed by atoms with Gasteiger partial charge in [-0.2, -0.15) is 0 Å². The minimum absolute atomic E-state index is 0.137. The van der Waals surface area contributed by atoms with Crippen molar-refractivity contribution >= 4 is 25.8 Å². The average molecular weight is 346 g/mol. The number of benzene rings is 1. The summed E-state index contributed by atoms with van der Waals surface area (Å²) >= 11 is 0. The predicted octanol–water partition coefficient (Wildman–Crippen LogP) is 3.04. The van der Waals surface area contributed by atoms with Gasteiger partial charge in [0, 0.05) is 10.7 Å². The number of rotatable bonds is 6. The third-order valence-corrected chi connectivity index (χ3v) is 5.00. The van der Waals surface area contributed by atoms with Crippen molar-refractivity contribution in [2.45, 2.75) is 38.3 Å². The van der Waals surface area contributed by atoms with Crippen LogP contribution < -0.4 is 5.32 Å². The highest BCUT2D eigenvalue weighted by Crippen LogP contribution is 2.28. The molecule has 1 aliphatic rings. The zero-order chi connectivity index (χ0) is 16.0. The van der Waals surface area contributed by atoms with Gasteiger partial charge in [0.05, 0.1) is 11.8 Å². The highest BCUT2D eigenvalue weighted by atomic mass is 35.7. The molecule has 0 bridgehead atoms. The van der Waals surface area contributed by atoms with E-state index in [-0.39, 0.29) is 18.3 Å². The van der Waals surface area contributed by atoms with E-state index >= 15 is 0 Å². The minimum atomic E-state index is -3.67. The van der Waals surface area contributed by atoms with Crippen LogP contribution in [-0.4, -0.2) is 26.3 Å². The Labute approximate surface area is 135 Å². The number of ether oxygens (including phenoxy) is 1. The predicted molar refractivity (Wildman–Crippen MR) is 85.1 cm³/mol. The summed E-state index contributed by atoms with van der Waals surface area (Å²) in [6, 6.07) is 8.81. The Morgan fingerprint density at radius 3 is 2.50 bits per heavy atom. The molecule has 0 aliphatic heterocycles. The molecule has 1 atom stereocenters. The molecule has 1 aromatic rings. The van der Waals surface area contributed by atoms with Crippen LogP contribution in [0.4, 0.5) is 4.79 Å². The van der Waals surface area contributed by atoms with Gasteiger partial charge in [-0.05, 0) is 24.3 Å². The summed E-state index contributed by atoms with van der Waals surface area (Å²) in [7, 11) is 1.67. The second-order valence-corrected chi connectivity index (χ2v) is 8.38. The number of carbonyl (C=O) groups excluding carboxylic acids is 1. The fourth-order valence-corrected chi connectivity index (χ4v) is 3.98. The maximum atomic E-state index is 11.9. The molecular weight excluding hydrogens is 326 g/mol. The highest BCUT2D eigenvalue weighted by molar-refractivity contribution is 8.13. The molecule has 5 nitrogen and oxygen atoms in total. The van der Waals surface area contributed by atoms with E-state index in [0.29, 0.717) is 0 Å². The van der Waals surface area contributed by atoms with Crippen molar-refractivity contribution < 1.29 is 17.9 Å². The number of hydrogen-bond acceptors (Lipinski definition) is 4. The fourth-order valence-electron chi connectivity index (χ4n) is 2.79. The molecule has 0 radical (unpaired) electrons. The van der Waals surface area contributed by atoms with Gasteiger partial charge in [0.15, 0.2) is 0 Å². The standard InChI is InChI=1S/C15H20ClNO4S/c16-22(19,20)11-14(13-8-4-5-9-13)17-15(18)21-10-12-6-2-1-3-7-12/h1-3,6-7,13-14H,4-5,8-11H2,(H,17,18). The largest absolute Gasteiger partial charge is 0.445 e. The molecule has 1 unspecified atom stereocenters. The summed E-state index contributed by atoms with van der Waals surface area (Å²) in [5.41, 5.74) is 0.875. The molecule has 1 aromatic carbocycles. The summed E-state index contributed by atoms with van der Waals surface area (Å²) in [6.45, 7) is 0.150. The van der Waals surface area contributed by atoms with E-state index in [9.17, 15) is 13.2 Å². The fraction of sp³-hybridized carbons (Fsp3) is 0.533. The molecule has 1 aliphatic carbocycles. The summed E-state index contributed by atoms with van der Waals surface area (Å²) in [5.74, 6) is -0.127. The molecule has 0 spiro atoms. The Kier molecular flexibility index (Phi) is 6.08. The van der Waals surface area contributed by atoms with Gasteiger partial charge in [-0.1, -0.05) is 43.2 Å². The van der Waals surface area contributed by atoms with E-state index in [2.05, 4.69) is 5.32 Å². The van der Waals surface area contributed by atoms with Gasteiger partial charge in [-0.15, -0.1) is 0 Å². The van der Waals surface area contributed by atoms with Crippen LogP contribution in [-0.2, 0) is 20.4 Å². The molecule has 1 amide bonds. The van der Waals surface area contributed by atoms with Crippen molar-refractivity contribution in [3.8, 4) is 0 Å². The zero-order valence-electron chi connectivity index (χ0n) is 12.2. The Morgan fingerprint density at radius 2 is 1.91 bits per heavy atom. The van der Waals surface area contributed by atoms with Gasteiger partial charge in [0.2, 0.25) is 9.05 Å². The van der Waals surface area contributed by atoms with E-state index in [0.717, 1.165) is 31.2 Å². The molecule has 1 fully saturated rings. The lowest BCUT2D eigenvalue weighted by Gasteiger charge is -2.23. The van der Waals surface area contributed by atoms with Crippen molar-refractivity contribution in [1.29, 1.82) is 0 Å². The van der Waals surface area contributed by atoms with E-state index in [1.54, 1.807) is 0 Å². The lowest BCUT2D eigenvalue weighted by molar-refractivity contribution is 0.133. The lowest BCUT2D eigenvalue weighted by Crippen LogP contribution is -2.43. The highest BCUT2D eigenvalue weighted by Gasteiger charge is 2.30. The van der Waals surface area contributed by atoms with Crippen LogP contribution >= 0.6 is 10.7 Å². The van der Waals surface area contributed by atoms with Crippen molar-refractivity contribution in [3.05, 3.63) is 35.9 Å². The second kappa shape index (κ2) is 7.83. The third kappa shape index (κ3) is 5.85. The molecular formula is C15H20ClNO4S. The Hall–Kier alpha value is -1.27. The normalized spacial score (nSPS) is 17.1. The first-order chi connectivity index (χ1) is 10.4. The molecule has 2 rings (SSSR count). The third-order valence-electron chi connectivity index (χ3n) is 3.86. The van der Waals surface area contributed by atoms with Gasteiger partial charge in [0.25, 0.3) is 0 Å². The van der Waals surface area contributed by atoms with E-state index in [1.165, 1.54) is 0 Å². The Morgan fingerprint density at radius 1 is 1.27 bits per heavy atom. The molecule has 22 heavy (non-hydrogen) atoms. The molecule has 122 valence electrons. The molecule has 7 heteroatoms. The maximum absolute atomic E-state index is 11.9.